The largest absolute Gasteiger partial charge is 0.497 e. The third-order valence-corrected chi connectivity index (χ3v) is 3.81. The highest BCUT2D eigenvalue weighted by Crippen LogP contribution is 2.20. The fraction of sp³-hybridized carbons (Fsp3) is 0.235. The van der Waals surface area contributed by atoms with Crippen LogP contribution in [0.5, 0.6) is 5.75 Å². The Bertz CT molecular complexity index is 614. The lowest BCUT2D eigenvalue weighted by atomic mass is 10.0. The van der Waals surface area contributed by atoms with Crippen molar-refractivity contribution < 1.29 is 4.74 Å². The van der Waals surface area contributed by atoms with Gasteiger partial charge in [-0.05, 0) is 60.6 Å². The van der Waals surface area contributed by atoms with E-state index in [1.165, 1.54) is 5.56 Å². The van der Waals surface area contributed by atoms with E-state index in [2.05, 4.69) is 17.6 Å². The van der Waals surface area contributed by atoms with Crippen LogP contribution >= 0.6 is 23.8 Å². The Balaban J connectivity index is 1.99. The van der Waals surface area contributed by atoms with Gasteiger partial charge < -0.3 is 15.4 Å². The van der Waals surface area contributed by atoms with Gasteiger partial charge in [-0.1, -0.05) is 30.7 Å². The average Bonchev–Trinajstić information content (AvgIpc) is 2.55. The van der Waals surface area contributed by atoms with Crippen LogP contribution in [0.1, 0.15) is 24.9 Å². The Hall–Kier alpha value is -1.78. The summed E-state index contributed by atoms with van der Waals surface area (Å²) >= 11 is 11.3. The van der Waals surface area contributed by atoms with E-state index in [1.807, 2.05) is 48.5 Å². The van der Waals surface area contributed by atoms with E-state index in [0.29, 0.717) is 10.1 Å². The molecule has 2 N–H and O–H groups in total. The summed E-state index contributed by atoms with van der Waals surface area (Å²) in [4.78, 5) is 0. The lowest BCUT2D eigenvalue weighted by Gasteiger charge is -2.20. The van der Waals surface area contributed by atoms with Gasteiger partial charge in [0.25, 0.3) is 0 Å². The minimum Gasteiger partial charge on any atom is -0.497 e. The van der Waals surface area contributed by atoms with Crippen molar-refractivity contribution in [3.05, 3.63) is 59.1 Å². The van der Waals surface area contributed by atoms with E-state index >= 15 is 0 Å². The van der Waals surface area contributed by atoms with Gasteiger partial charge >= 0.3 is 0 Å². The van der Waals surface area contributed by atoms with E-state index in [4.69, 9.17) is 28.6 Å². The molecule has 0 bridgehead atoms. The van der Waals surface area contributed by atoms with Gasteiger partial charge in [-0.25, -0.2) is 0 Å². The summed E-state index contributed by atoms with van der Waals surface area (Å²) in [6.07, 6.45) is 0.925. The third-order valence-electron chi connectivity index (χ3n) is 3.33. The zero-order valence-electron chi connectivity index (χ0n) is 12.6. The quantitative estimate of drug-likeness (QED) is 0.770. The molecule has 0 aromatic heterocycles. The number of benzene rings is 2. The van der Waals surface area contributed by atoms with Crippen molar-refractivity contribution in [1.82, 2.24) is 5.32 Å². The predicted octanol–water partition coefficient (Wildman–Crippen LogP) is 4.79. The molecule has 2 rings (SSSR count). The zero-order chi connectivity index (χ0) is 15.9. The summed E-state index contributed by atoms with van der Waals surface area (Å²) in [7, 11) is 1.66. The molecule has 3 nitrogen and oxygen atoms in total. The van der Waals surface area contributed by atoms with Crippen LogP contribution in [0.4, 0.5) is 5.69 Å². The smallest absolute Gasteiger partial charge is 0.171 e. The Kier molecular flexibility index (Phi) is 6.04. The fourth-order valence-electron chi connectivity index (χ4n) is 2.12. The molecule has 0 heterocycles. The van der Waals surface area contributed by atoms with E-state index in [1.54, 1.807) is 7.11 Å². The molecule has 0 amide bonds. The first kappa shape index (κ1) is 16.6. The highest BCUT2D eigenvalue weighted by atomic mass is 35.5. The van der Waals surface area contributed by atoms with E-state index in [0.717, 1.165) is 17.9 Å². The molecule has 0 radical (unpaired) electrons. The number of thiocarbonyl (C=S) groups is 1. The zero-order valence-corrected chi connectivity index (χ0v) is 14.2. The second kappa shape index (κ2) is 8.01. The number of methoxy groups -OCH3 is 1. The average molecular weight is 335 g/mol. The van der Waals surface area contributed by atoms with Crippen LogP contribution in [0, 0.1) is 0 Å². The van der Waals surface area contributed by atoms with Crippen LogP contribution in [0.25, 0.3) is 0 Å². The second-order valence-corrected chi connectivity index (χ2v) is 5.68. The van der Waals surface area contributed by atoms with E-state index in [-0.39, 0.29) is 6.04 Å². The summed E-state index contributed by atoms with van der Waals surface area (Å²) in [5.41, 5.74) is 2.08. The van der Waals surface area contributed by atoms with Crippen molar-refractivity contribution in [3.63, 3.8) is 0 Å². The SMILES string of the molecule is CC[C@H](NC(=S)Nc1ccc(Cl)cc1)c1ccc(OC)cc1. The third kappa shape index (κ3) is 4.61. The minimum atomic E-state index is 0.151. The van der Waals surface area contributed by atoms with Gasteiger partial charge in [0, 0.05) is 10.7 Å². The van der Waals surface area contributed by atoms with Crippen LogP contribution in [0.2, 0.25) is 5.02 Å². The lowest BCUT2D eigenvalue weighted by molar-refractivity contribution is 0.414. The maximum Gasteiger partial charge on any atom is 0.171 e. The van der Waals surface area contributed by atoms with Gasteiger partial charge in [0.05, 0.1) is 13.2 Å². The molecule has 0 aliphatic heterocycles. The molecule has 0 saturated heterocycles. The summed E-state index contributed by atoms with van der Waals surface area (Å²) in [6, 6.07) is 15.6. The molecule has 2 aromatic carbocycles. The molecule has 0 aliphatic carbocycles. The Morgan fingerprint density at radius 3 is 2.32 bits per heavy atom. The van der Waals surface area contributed by atoms with Gasteiger partial charge in [0.15, 0.2) is 5.11 Å². The molecule has 5 heteroatoms. The Morgan fingerprint density at radius 2 is 1.77 bits per heavy atom. The van der Waals surface area contributed by atoms with Gasteiger partial charge in [0.2, 0.25) is 0 Å². The van der Waals surface area contributed by atoms with Crippen molar-refractivity contribution in [2.24, 2.45) is 0 Å². The van der Waals surface area contributed by atoms with Gasteiger partial charge in [0.1, 0.15) is 5.75 Å². The number of nitrogens with one attached hydrogen (secondary N) is 2. The summed E-state index contributed by atoms with van der Waals surface area (Å²) in [6.45, 7) is 2.12. The molecule has 116 valence electrons. The topological polar surface area (TPSA) is 33.3 Å². The van der Waals surface area contributed by atoms with Gasteiger partial charge in [-0.3, -0.25) is 0 Å². The van der Waals surface area contributed by atoms with Gasteiger partial charge in [-0.2, -0.15) is 0 Å². The maximum atomic E-state index is 5.87. The molecule has 2 aromatic rings. The monoisotopic (exact) mass is 334 g/mol. The molecule has 0 saturated carbocycles. The first-order valence-corrected chi connectivity index (χ1v) is 7.88. The highest BCUT2D eigenvalue weighted by Gasteiger charge is 2.10. The fourth-order valence-corrected chi connectivity index (χ4v) is 2.50. The lowest BCUT2D eigenvalue weighted by Crippen LogP contribution is -2.32. The summed E-state index contributed by atoms with van der Waals surface area (Å²) in [5, 5.41) is 7.78. The first-order chi connectivity index (χ1) is 10.6. The molecular weight excluding hydrogens is 316 g/mol. The highest BCUT2D eigenvalue weighted by molar-refractivity contribution is 7.80. The van der Waals surface area contributed by atoms with E-state index < -0.39 is 0 Å². The van der Waals surface area contributed by atoms with Crippen molar-refractivity contribution in [2.45, 2.75) is 19.4 Å². The van der Waals surface area contributed by atoms with Crippen molar-refractivity contribution >= 4 is 34.6 Å². The number of ether oxygens (including phenoxy) is 1. The Labute approximate surface area is 141 Å². The molecular formula is C17H19ClN2OS. The molecule has 0 fully saturated rings. The number of rotatable bonds is 5. The second-order valence-electron chi connectivity index (χ2n) is 4.84. The number of halogens is 1. The molecule has 22 heavy (non-hydrogen) atoms. The van der Waals surface area contributed by atoms with Gasteiger partial charge in [-0.15, -0.1) is 0 Å². The molecule has 0 unspecified atom stereocenters. The maximum absolute atomic E-state index is 5.87. The normalized spacial score (nSPS) is 11.6. The molecule has 0 aliphatic rings. The number of hydrogen-bond donors (Lipinski definition) is 2. The molecule has 1 atom stereocenters. The summed E-state index contributed by atoms with van der Waals surface area (Å²) in [5.74, 6) is 0.848. The standard InChI is InChI=1S/C17H19ClN2OS/c1-3-16(12-4-10-15(21-2)11-5-12)20-17(22)19-14-8-6-13(18)7-9-14/h4-11,16H,3H2,1-2H3,(H2,19,20,22)/t16-/m0/s1. The minimum absolute atomic E-state index is 0.151. The van der Waals surface area contributed by atoms with Crippen LogP contribution in [0.15, 0.2) is 48.5 Å². The predicted molar refractivity (Wildman–Crippen MR) is 96.8 cm³/mol. The van der Waals surface area contributed by atoms with E-state index in [9.17, 15) is 0 Å². The van der Waals surface area contributed by atoms with Crippen LogP contribution < -0.4 is 15.4 Å². The van der Waals surface area contributed by atoms with Crippen LogP contribution in [-0.2, 0) is 0 Å². The first-order valence-electron chi connectivity index (χ1n) is 7.09. The number of hydrogen-bond acceptors (Lipinski definition) is 2. The van der Waals surface area contributed by atoms with Crippen molar-refractivity contribution in [1.29, 1.82) is 0 Å². The number of anilines is 1. The van der Waals surface area contributed by atoms with Crippen molar-refractivity contribution in [3.8, 4) is 5.75 Å². The summed E-state index contributed by atoms with van der Waals surface area (Å²) < 4.78 is 5.18. The van der Waals surface area contributed by atoms with Crippen LogP contribution in [-0.4, -0.2) is 12.2 Å². The van der Waals surface area contributed by atoms with Crippen molar-refractivity contribution in [2.75, 3.05) is 12.4 Å². The van der Waals surface area contributed by atoms with Crippen LogP contribution in [0.3, 0.4) is 0 Å². The Morgan fingerprint density at radius 1 is 1.14 bits per heavy atom. The molecule has 0 spiro atoms.